The van der Waals surface area contributed by atoms with E-state index in [1.165, 1.54) is 0 Å². The van der Waals surface area contributed by atoms with Gasteiger partial charge in [-0.2, -0.15) is 0 Å². The quantitative estimate of drug-likeness (QED) is 0.689. The van der Waals surface area contributed by atoms with Crippen LogP contribution in [0.25, 0.3) is 0 Å². The molecule has 0 radical (unpaired) electrons. The fourth-order valence-corrected chi connectivity index (χ4v) is 3.65. The molecule has 0 aliphatic heterocycles. The summed E-state index contributed by atoms with van der Waals surface area (Å²) >= 11 is 0. The summed E-state index contributed by atoms with van der Waals surface area (Å²) in [4.78, 5) is 0.381. The molecule has 1 aromatic rings. The third-order valence-electron chi connectivity index (χ3n) is 3.08. The molecule has 114 valence electrons. The lowest BCUT2D eigenvalue weighted by molar-refractivity contribution is 0.542. The Labute approximate surface area is 123 Å². The molecule has 1 unspecified atom stereocenters. The van der Waals surface area contributed by atoms with E-state index < -0.39 is 10.0 Å². The molecule has 20 heavy (non-hydrogen) atoms. The first kappa shape index (κ1) is 17.1. The van der Waals surface area contributed by atoms with Gasteiger partial charge < -0.3 is 5.32 Å². The van der Waals surface area contributed by atoms with Crippen LogP contribution in [0, 0.1) is 0 Å². The smallest absolute Gasteiger partial charge is 0.241 e. The first-order valence-corrected chi connectivity index (χ1v) is 8.80. The van der Waals surface area contributed by atoms with E-state index >= 15 is 0 Å². The molecule has 1 rings (SSSR count). The summed E-state index contributed by atoms with van der Waals surface area (Å²) in [5.41, 5.74) is 0.817. The van der Waals surface area contributed by atoms with Crippen molar-refractivity contribution in [1.82, 2.24) is 10.0 Å². The first-order chi connectivity index (χ1) is 9.51. The van der Waals surface area contributed by atoms with E-state index in [1.54, 1.807) is 12.1 Å². The van der Waals surface area contributed by atoms with Crippen molar-refractivity contribution in [2.75, 3.05) is 6.54 Å². The van der Waals surface area contributed by atoms with Crippen LogP contribution < -0.4 is 10.0 Å². The van der Waals surface area contributed by atoms with E-state index in [-0.39, 0.29) is 6.04 Å². The van der Waals surface area contributed by atoms with Crippen LogP contribution in [0.15, 0.2) is 29.2 Å². The minimum atomic E-state index is -3.44. The van der Waals surface area contributed by atoms with Crippen LogP contribution in [0.2, 0.25) is 0 Å². The Hall–Kier alpha value is -0.910. The van der Waals surface area contributed by atoms with Crippen LogP contribution >= 0.6 is 0 Å². The van der Waals surface area contributed by atoms with Crippen LogP contribution in [0.3, 0.4) is 0 Å². The Kier molecular flexibility index (Phi) is 7.19. The maximum atomic E-state index is 12.4. The Morgan fingerprint density at radius 2 is 1.85 bits per heavy atom. The van der Waals surface area contributed by atoms with E-state index in [4.69, 9.17) is 0 Å². The lowest BCUT2D eigenvalue weighted by Crippen LogP contribution is -2.33. The summed E-state index contributed by atoms with van der Waals surface area (Å²) in [5, 5.41) is 3.25. The molecule has 5 heteroatoms. The maximum Gasteiger partial charge on any atom is 0.241 e. The molecule has 0 aromatic heterocycles. The number of benzene rings is 1. The van der Waals surface area contributed by atoms with Crippen LogP contribution in [-0.2, 0) is 16.6 Å². The van der Waals surface area contributed by atoms with Gasteiger partial charge in [0.1, 0.15) is 0 Å². The minimum absolute atomic E-state index is 0.0401. The van der Waals surface area contributed by atoms with Gasteiger partial charge in [-0.1, -0.05) is 38.5 Å². The molecule has 0 aliphatic rings. The zero-order valence-electron chi connectivity index (χ0n) is 12.6. The summed E-state index contributed by atoms with van der Waals surface area (Å²) in [6, 6.07) is 7.13. The van der Waals surface area contributed by atoms with Gasteiger partial charge in [0.2, 0.25) is 10.0 Å². The van der Waals surface area contributed by atoms with Crippen LogP contribution in [0.4, 0.5) is 0 Å². The molecule has 0 spiro atoms. The lowest BCUT2D eigenvalue weighted by atomic mass is 10.2. The van der Waals surface area contributed by atoms with Crippen LogP contribution in [-0.4, -0.2) is 21.0 Å². The normalized spacial score (nSPS) is 13.3. The Bertz CT molecular complexity index is 500. The van der Waals surface area contributed by atoms with Gasteiger partial charge in [0, 0.05) is 12.6 Å². The zero-order valence-corrected chi connectivity index (χ0v) is 13.5. The average Bonchev–Trinajstić information content (AvgIpc) is 2.39. The van der Waals surface area contributed by atoms with Gasteiger partial charge >= 0.3 is 0 Å². The second-order valence-electron chi connectivity index (χ2n) is 5.10. The molecule has 0 saturated heterocycles. The molecule has 0 amide bonds. The van der Waals surface area contributed by atoms with Crippen molar-refractivity contribution in [3.63, 3.8) is 0 Å². The molecule has 0 saturated carbocycles. The fourth-order valence-electron chi connectivity index (χ4n) is 2.13. The average molecular weight is 298 g/mol. The summed E-state index contributed by atoms with van der Waals surface area (Å²) in [5.74, 6) is 0. The standard InChI is InChI=1S/C15H26N2O2S/c1-4-8-13(3)17-20(18,19)15-10-7-6-9-14(15)12-16-11-5-2/h6-7,9-10,13,16-17H,4-5,8,11-12H2,1-3H3. The van der Waals surface area contributed by atoms with Crippen LogP contribution in [0.1, 0.15) is 45.6 Å². The third-order valence-corrected chi connectivity index (χ3v) is 4.77. The van der Waals surface area contributed by atoms with Crippen molar-refractivity contribution in [3.05, 3.63) is 29.8 Å². The number of sulfonamides is 1. The molecular weight excluding hydrogens is 272 g/mol. The highest BCUT2D eigenvalue weighted by Gasteiger charge is 2.19. The van der Waals surface area contributed by atoms with Gasteiger partial charge in [0.05, 0.1) is 4.90 Å². The minimum Gasteiger partial charge on any atom is -0.313 e. The van der Waals surface area contributed by atoms with Crippen LogP contribution in [0.5, 0.6) is 0 Å². The van der Waals surface area contributed by atoms with E-state index in [1.807, 2.05) is 26.0 Å². The number of nitrogens with one attached hydrogen (secondary N) is 2. The van der Waals surface area contributed by atoms with Crippen molar-refractivity contribution in [1.29, 1.82) is 0 Å². The second kappa shape index (κ2) is 8.39. The molecule has 2 N–H and O–H groups in total. The molecule has 0 bridgehead atoms. The largest absolute Gasteiger partial charge is 0.313 e. The molecule has 1 aromatic carbocycles. The van der Waals surface area contributed by atoms with Gasteiger partial charge in [-0.25, -0.2) is 13.1 Å². The second-order valence-corrected chi connectivity index (χ2v) is 6.78. The highest BCUT2D eigenvalue weighted by molar-refractivity contribution is 7.89. The number of hydrogen-bond donors (Lipinski definition) is 2. The third kappa shape index (κ3) is 5.23. The Morgan fingerprint density at radius 3 is 2.50 bits per heavy atom. The van der Waals surface area contributed by atoms with Crippen molar-refractivity contribution < 1.29 is 8.42 Å². The van der Waals surface area contributed by atoms with E-state index in [0.29, 0.717) is 11.4 Å². The SMILES string of the molecule is CCCNCc1ccccc1S(=O)(=O)NC(C)CCC. The summed E-state index contributed by atoms with van der Waals surface area (Å²) < 4.78 is 27.6. The monoisotopic (exact) mass is 298 g/mol. The van der Waals surface area contributed by atoms with Gasteiger partial charge in [0.25, 0.3) is 0 Å². The zero-order chi connectivity index (χ0) is 15.0. The molecule has 1 atom stereocenters. The first-order valence-electron chi connectivity index (χ1n) is 7.32. The summed E-state index contributed by atoms with van der Waals surface area (Å²) in [6.07, 6.45) is 2.83. The van der Waals surface area contributed by atoms with Crippen molar-refractivity contribution >= 4 is 10.0 Å². The van der Waals surface area contributed by atoms with Gasteiger partial charge in [-0.05, 0) is 37.9 Å². The topological polar surface area (TPSA) is 58.2 Å². The predicted octanol–water partition coefficient (Wildman–Crippen LogP) is 2.65. The molecule has 4 nitrogen and oxygen atoms in total. The highest BCUT2D eigenvalue weighted by atomic mass is 32.2. The Balaban J connectivity index is 2.88. The Morgan fingerprint density at radius 1 is 1.15 bits per heavy atom. The van der Waals surface area contributed by atoms with Gasteiger partial charge in [-0.3, -0.25) is 0 Å². The van der Waals surface area contributed by atoms with E-state index in [2.05, 4.69) is 17.0 Å². The molecular formula is C15H26N2O2S. The van der Waals surface area contributed by atoms with Crippen molar-refractivity contribution in [2.24, 2.45) is 0 Å². The summed E-state index contributed by atoms with van der Waals surface area (Å²) in [7, 11) is -3.44. The van der Waals surface area contributed by atoms with E-state index in [0.717, 1.165) is 31.4 Å². The predicted molar refractivity (Wildman–Crippen MR) is 83.1 cm³/mol. The fraction of sp³-hybridized carbons (Fsp3) is 0.600. The van der Waals surface area contributed by atoms with Crippen molar-refractivity contribution in [3.8, 4) is 0 Å². The van der Waals surface area contributed by atoms with Gasteiger partial charge in [0.15, 0.2) is 0 Å². The lowest BCUT2D eigenvalue weighted by Gasteiger charge is -2.16. The van der Waals surface area contributed by atoms with E-state index in [9.17, 15) is 8.42 Å². The van der Waals surface area contributed by atoms with Crippen molar-refractivity contribution in [2.45, 2.75) is 57.5 Å². The molecule has 0 fully saturated rings. The number of rotatable bonds is 9. The maximum absolute atomic E-state index is 12.4. The summed E-state index contributed by atoms with van der Waals surface area (Å²) in [6.45, 7) is 7.50. The number of hydrogen-bond acceptors (Lipinski definition) is 3. The highest BCUT2D eigenvalue weighted by Crippen LogP contribution is 2.16. The molecule has 0 heterocycles. The molecule has 0 aliphatic carbocycles. The van der Waals surface area contributed by atoms with Gasteiger partial charge in [-0.15, -0.1) is 0 Å².